The molecule has 7 heteroatoms. The molecule has 1 unspecified atom stereocenters. The van der Waals surface area contributed by atoms with Crippen LogP contribution < -0.4 is 0 Å². The number of hydrogen-bond acceptors (Lipinski definition) is 3. The van der Waals surface area contributed by atoms with E-state index in [4.69, 9.17) is 0 Å². The van der Waals surface area contributed by atoms with E-state index < -0.39 is 21.7 Å². The minimum atomic E-state index is -3.30. The maximum absolute atomic E-state index is 13.5. The number of benzene rings is 2. The Balaban J connectivity index is 2.09. The smallest absolute Gasteiger partial charge is 0.306 e. The molecule has 1 heterocycles. The third-order valence-corrected chi connectivity index (χ3v) is 6.41. The SMILES string of the molecule is Cc1c(CCC(C)C(=O)O)cc(-c2ccc(S(C)(=O)=O)cc2)n1-c1ccc(F)cc1. The zero-order valence-electron chi connectivity index (χ0n) is 17.1. The van der Waals surface area contributed by atoms with Gasteiger partial charge >= 0.3 is 5.97 Å². The first kappa shape index (κ1) is 21.8. The van der Waals surface area contributed by atoms with Crippen molar-refractivity contribution in [1.82, 2.24) is 4.57 Å². The number of aromatic nitrogens is 1. The van der Waals surface area contributed by atoms with Crippen LogP contribution in [0.1, 0.15) is 24.6 Å². The van der Waals surface area contributed by atoms with E-state index in [1.54, 1.807) is 43.3 Å². The Kier molecular flexibility index (Phi) is 6.12. The summed E-state index contributed by atoms with van der Waals surface area (Å²) in [6.07, 6.45) is 2.24. The first-order valence-electron chi connectivity index (χ1n) is 9.58. The van der Waals surface area contributed by atoms with Crippen LogP contribution in [0.2, 0.25) is 0 Å². The van der Waals surface area contributed by atoms with Crippen molar-refractivity contribution in [2.45, 2.75) is 31.6 Å². The molecule has 2 aromatic carbocycles. The molecule has 3 aromatic rings. The number of aliphatic carboxylic acids is 1. The molecule has 0 fully saturated rings. The van der Waals surface area contributed by atoms with Crippen molar-refractivity contribution in [2.24, 2.45) is 5.92 Å². The number of carboxylic acids is 1. The zero-order valence-corrected chi connectivity index (χ0v) is 17.9. The third-order valence-electron chi connectivity index (χ3n) is 5.28. The fraction of sp³-hybridized carbons (Fsp3) is 0.261. The zero-order chi connectivity index (χ0) is 22.1. The van der Waals surface area contributed by atoms with Crippen LogP contribution in [-0.2, 0) is 21.1 Å². The third kappa shape index (κ3) is 4.62. The number of aryl methyl sites for hydroxylation is 1. The molecule has 3 rings (SSSR count). The maximum Gasteiger partial charge on any atom is 0.306 e. The largest absolute Gasteiger partial charge is 0.481 e. The Bertz CT molecular complexity index is 1160. The van der Waals surface area contributed by atoms with Crippen molar-refractivity contribution < 1.29 is 22.7 Å². The minimum absolute atomic E-state index is 0.235. The summed E-state index contributed by atoms with van der Waals surface area (Å²) in [5, 5.41) is 9.17. The van der Waals surface area contributed by atoms with Crippen LogP contribution in [0.15, 0.2) is 59.5 Å². The first-order chi connectivity index (χ1) is 14.1. The highest BCUT2D eigenvalue weighted by atomic mass is 32.2. The van der Waals surface area contributed by atoms with E-state index in [2.05, 4.69) is 0 Å². The molecule has 0 aliphatic heterocycles. The number of carboxylic acid groups (broad SMARTS) is 1. The number of carbonyl (C=O) groups is 1. The Labute approximate surface area is 175 Å². The van der Waals surface area contributed by atoms with Gasteiger partial charge in [0.05, 0.1) is 16.5 Å². The highest BCUT2D eigenvalue weighted by Crippen LogP contribution is 2.31. The lowest BCUT2D eigenvalue weighted by Crippen LogP contribution is -2.10. The lowest BCUT2D eigenvalue weighted by Gasteiger charge is -2.13. The molecule has 158 valence electrons. The summed E-state index contributed by atoms with van der Waals surface area (Å²) >= 11 is 0. The van der Waals surface area contributed by atoms with Crippen molar-refractivity contribution in [1.29, 1.82) is 0 Å². The number of nitrogens with zero attached hydrogens (tertiary/aromatic N) is 1. The Morgan fingerprint density at radius 2 is 1.70 bits per heavy atom. The molecule has 1 atom stereocenters. The molecular weight excluding hydrogens is 405 g/mol. The van der Waals surface area contributed by atoms with Gasteiger partial charge in [-0.05, 0) is 73.4 Å². The summed E-state index contributed by atoms with van der Waals surface area (Å²) in [4.78, 5) is 11.4. The summed E-state index contributed by atoms with van der Waals surface area (Å²) in [7, 11) is -3.30. The molecule has 0 spiro atoms. The minimum Gasteiger partial charge on any atom is -0.481 e. The predicted octanol–water partition coefficient (Wildman–Crippen LogP) is 4.65. The fourth-order valence-electron chi connectivity index (χ4n) is 3.42. The summed E-state index contributed by atoms with van der Waals surface area (Å²) in [5.41, 5.74) is 4.34. The van der Waals surface area contributed by atoms with Crippen LogP contribution in [0, 0.1) is 18.7 Å². The van der Waals surface area contributed by atoms with Crippen molar-refractivity contribution >= 4 is 15.8 Å². The molecule has 0 saturated heterocycles. The summed E-state index contributed by atoms with van der Waals surface area (Å²) in [5.74, 6) is -1.63. The van der Waals surface area contributed by atoms with E-state index in [0.717, 1.165) is 34.5 Å². The van der Waals surface area contributed by atoms with Crippen LogP contribution in [0.5, 0.6) is 0 Å². The average Bonchev–Trinajstić information content (AvgIpc) is 3.02. The van der Waals surface area contributed by atoms with Crippen molar-refractivity contribution in [3.8, 4) is 16.9 Å². The van der Waals surface area contributed by atoms with Gasteiger partial charge in [0.2, 0.25) is 0 Å². The summed E-state index contributed by atoms with van der Waals surface area (Å²) in [6.45, 7) is 3.62. The van der Waals surface area contributed by atoms with Gasteiger partial charge in [0.25, 0.3) is 0 Å². The quantitative estimate of drug-likeness (QED) is 0.593. The van der Waals surface area contributed by atoms with Crippen LogP contribution in [0.4, 0.5) is 4.39 Å². The van der Waals surface area contributed by atoms with E-state index in [-0.39, 0.29) is 10.7 Å². The van der Waals surface area contributed by atoms with Gasteiger partial charge in [-0.15, -0.1) is 0 Å². The van der Waals surface area contributed by atoms with Crippen molar-refractivity contribution in [3.05, 3.63) is 71.7 Å². The van der Waals surface area contributed by atoms with Crippen LogP contribution in [0.3, 0.4) is 0 Å². The first-order valence-corrected chi connectivity index (χ1v) is 11.5. The molecule has 30 heavy (non-hydrogen) atoms. The van der Waals surface area contributed by atoms with Crippen LogP contribution >= 0.6 is 0 Å². The monoisotopic (exact) mass is 429 g/mol. The molecule has 0 saturated carbocycles. The van der Waals surface area contributed by atoms with Gasteiger partial charge < -0.3 is 9.67 Å². The van der Waals surface area contributed by atoms with Crippen molar-refractivity contribution in [3.63, 3.8) is 0 Å². The lowest BCUT2D eigenvalue weighted by molar-refractivity contribution is -0.141. The normalized spacial score (nSPS) is 12.7. The average molecular weight is 430 g/mol. The fourth-order valence-corrected chi connectivity index (χ4v) is 4.05. The van der Waals surface area contributed by atoms with Crippen molar-refractivity contribution in [2.75, 3.05) is 6.26 Å². The predicted molar refractivity (Wildman–Crippen MR) is 114 cm³/mol. The van der Waals surface area contributed by atoms with Gasteiger partial charge in [-0.25, -0.2) is 12.8 Å². The topological polar surface area (TPSA) is 76.4 Å². The molecule has 5 nitrogen and oxygen atoms in total. The van der Waals surface area contributed by atoms with Gasteiger partial charge in [0.15, 0.2) is 9.84 Å². The Hall–Kier alpha value is -2.93. The number of halogens is 1. The Morgan fingerprint density at radius 1 is 1.10 bits per heavy atom. The number of hydrogen-bond donors (Lipinski definition) is 1. The summed E-state index contributed by atoms with van der Waals surface area (Å²) < 4.78 is 39.0. The van der Waals surface area contributed by atoms with Gasteiger partial charge in [0, 0.05) is 17.6 Å². The molecule has 1 N–H and O–H groups in total. The van der Waals surface area contributed by atoms with E-state index in [1.165, 1.54) is 12.1 Å². The van der Waals surface area contributed by atoms with Crippen LogP contribution in [0.25, 0.3) is 16.9 Å². The highest BCUT2D eigenvalue weighted by Gasteiger charge is 2.18. The van der Waals surface area contributed by atoms with E-state index in [0.29, 0.717) is 12.8 Å². The standard InChI is InChI=1S/C23H24FNO4S/c1-15(23(26)27)4-5-18-14-22(17-6-12-21(13-7-17)30(3,28)29)25(16(18)2)20-10-8-19(24)9-11-20/h6-15H,4-5H2,1-3H3,(H,26,27). The molecule has 1 aromatic heterocycles. The number of rotatable bonds is 7. The van der Waals surface area contributed by atoms with E-state index >= 15 is 0 Å². The lowest BCUT2D eigenvalue weighted by atomic mass is 10.0. The van der Waals surface area contributed by atoms with Gasteiger partial charge in [-0.1, -0.05) is 19.1 Å². The second-order valence-corrected chi connectivity index (χ2v) is 9.54. The molecule has 0 aliphatic rings. The van der Waals surface area contributed by atoms with E-state index in [1.807, 2.05) is 17.6 Å². The second-order valence-electron chi connectivity index (χ2n) is 7.53. The van der Waals surface area contributed by atoms with Gasteiger partial charge in [-0.3, -0.25) is 4.79 Å². The molecule has 0 bridgehead atoms. The molecule has 0 aliphatic carbocycles. The highest BCUT2D eigenvalue weighted by molar-refractivity contribution is 7.90. The van der Waals surface area contributed by atoms with Crippen LogP contribution in [-0.4, -0.2) is 30.3 Å². The van der Waals surface area contributed by atoms with Gasteiger partial charge in [0.1, 0.15) is 5.82 Å². The molecule has 0 radical (unpaired) electrons. The van der Waals surface area contributed by atoms with Gasteiger partial charge in [-0.2, -0.15) is 0 Å². The molecular formula is C23H24FNO4S. The Morgan fingerprint density at radius 3 is 2.23 bits per heavy atom. The molecule has 0 amide bonds. The summed E-state index contributed by atoms with van der Waals surface area (Å²) in [6, 6.07) is 14.7. The number of sulfone groups is 1. The second kappa shape index (κ2) is 8.44. The maximum atomic E-state index is 13.5. The van der Waals surface area contributed by atoms with E-state index in [9.17, 15) is 22.7 Å².